The predicted octanol–water partition coefficient (Wildman–Crippen LogP) is 3.98. The highest BCUT2D eigenvalue weighted by molar-refractivity contribution is 6.05. The van der Waals surface area contributed by atoms with Crippen molar-refractivity contribution in [2.24, 2.45) is 0 Å². The summed E-state index contributed by atoms with van der Waals surface area (Å²) in [6, 6.07) is 7.64. The van der Waals surface area contributed by atoms with Crippen LogP contribution < -0.4 is 15.0 Å². The van der Waals surface area contributed by atoms with E-state index in [4.69, 9.17) is 9.47 Å². The summed E-state index contributed by atoms with van der Waals surface area (Å²) in [5, 5.41) is 3.07. The van der Waals surface area contributed by atoms with Gasteiger partial charge in [-0.15, -0.1) is 0 Å². The van der Waals surface area contributed by atoms with Gasteiger partial charge in [0.25, 0.3) is 5.91 Å². The molecule has 0 radical (unpaired) electrons. The standard InChI is InChI=1S/C29H29N7O3/c37-28(33-21-3-1-2-20-26(21)39-17-29(6-7-29)36-9-8-30-27(20)36)22-14-24(35-16-23(32-18-35)19-4-5-19)25(15-31-22)34-10-12-38-13-11-34/h1-3,8-9,14-16,18-19H,4-7,10-13,17H2,(H,33,37). The minimum absolute atomic E-state index is 0.0397. The Hall–Kier alpha value is -4.18. The van der Waals surface area contributed by atoms with Crippen LogP contribution in [-0.2, 0) is 10.3 Å². The average Bonchev–Trinajstić information content (AvgIpc) is 3.89. The van der Waals surface area contributed by atoms with Gasteiger partial charge in [-0.05, 0) is 43.9 Å². The molecule has 4 aromatic rings. The Bertz CT molecular complexity index is 1580. The topological polar surface area (TPSA) is 99.3 Å². The summed E-state index contributed by atoms with van der Waals surface area (Å²) in [6.07, 6.45) is 14.1. The lowest BCUT2D eigenvalue weighted by atomic mass is 10.1. The molecule has 0 unspecified atom stereocenters. The SMILES string of the molecule is O=C(Nc1cccc2c1OCC1(CC1)n1ccnc1-2)c1cc(-n2cnc(C3CC3)c2)c(N2CCOCC2)cn1. The minimum Gasteiger partial charge on any atom is -0.488 e. The van der Waals surface area contributed by atoms with Crippen molar-refractivity contribution < 1.29 is 14.3 Å². The number of hydrogen-bond acceptors (Lipinski definition) is 7. The number of hydrogen-bond donors (Lipinski definition) is 1. The van der Waals surface area contributed by atoms with E-state index in [9.17, 15) is 4.79 Å². The van der Waals surface area contributed by atoms with Gasteiger partial charge in [0.1, 0.15) is 18.1 Å². The Morgan fingerprint density at radius 1 is 1.08 bits per heavy atom. The number of pyridine rings is 1. The van der Waals surface area contributed by atoms with Gasteiger partial charge in [-0.3, -0.25) is 4.79 Å². The molecule has 39 heavy (non-hydrogen) atoms. The van der Waals surface area contributed by atoms with Crippen LogP contribution in [0.2, 0.25) is 0 Å². The Balaban J connectivity index is 1.13. The van der Waals surface area contributed by atoms with Crippen molar-refractivity contribution in [3.8, 4) is 22.8 Å². The molecular weight excluding hydrogens is 494 g/mol. The molecule has 1 aromatic carbocycles. The van der Waals surface area contributed by atoms with E-state index >= 15 is 0 Å². The summed E-state index contributed by atoms with van der Waals surface area (Å²) in [5.41, 5.74) is 4.73. The number of aromatic nitrogens is 5. The summed E-state index contributed by atoms with van der Waals surface area (Å²) in [6.45, 7) is 3.43. The molecule has 3 aromatic heterocycles. The van der Waals surface area contributed by atoms with Crippen LogP contribution in [0.4, 0.5) is 11.4 Å². The number of imidazole rings is 2. The maximum absolute atomic E-state index is 13.6. The summed E-state index contributed by atoms with van der Waals surface area (Å²) in [4.78, 5) is 29.7. The van der Waals surface area contributed by atoms with Gasteiger partial charge < -0.3 is 28.8 Å². The monoisotopic (exact) mass is 523 g/mol. The van der Waals surface area contributed by atoms with Crippen molar-refractivity contribution in [3.63, 3.8) is 0 Å². The molecule has 1 N–H and O–H groups in total. The second-order valence-electron chi connectivity index (χ2n) is 10.9. The summed E-state index contributed by atoms with van der Waals surface area (Å²) in [5.74, 6) is 1.77. The predicted molar refractivity (Wildman–Crippen MR) is 145 cm³/mol. The van der Waals surface area contributed by atoms with Crippen LogP contribution >= 0.6 is 0 Å². The fraction of sp³-hybridized carbons (Fsp3) is 0.379. The van der Waals surface area contributed by atoms with Crippen LogP contribution in [0, 0.1) is 0 Å². The first-order valence-corrected chi connectivity index (χ1v) is 13.7. The first kappa shape index (κ1) is 22.8. The molecule has 2 aliphatic heterocycles. The molecule has 10 nitrogen and oxygen atoms in total. The molecule has 2 saturated carbocycles. The second-order valence-corrected chi connectivity index (χ2v) is 10.9. The van der Waals surface area contributed by atoms with Crippen molar-refractivity contribution >= 4 is 17.3 Å². The number of nitrogens with zero attached hydrogens (tertiary/aromatic N) is 6. The van der Waals surface area contributed by atoms with Crippen LogP contribution in [0.3, 0.4) is 0 Å². The number of benzene rings is 1. The van der Waals surface area contributed by atoms with E-state index < -0.39 is 0 Å². The zero-order valence-corrected chi connectivity index (χ0v) is 21.5. The molecule has 3 fully saturated rings. The van der Waals surface area contributed by atoms with Crippen LogP contribution in [0.5, 0.6) is 5.75 Å². The maximum Gasteiger partial charge on any atom is 0.274 e. The Labute approximate surface area is 225 Å². The Morgan fingerprint density at radius 2 is 1.95 bits per heavy atom. The van der Waals surface area contributed by atoms with Crippen LogP contribution in [0.25, 0.3) is 17.1 Å². The van der Waals surface area contributed by atoms with Crippen molar-refractivity contribution in [1.29, 1.82) is 0 Å². The van der Waals surface area contributed by atoms with E-state index in [0.717, 1.165) is 54.4 Å². The number of nitrogens with one attached hydrogen (secondary N) is 1. The molecule has 8 rings (SSSR count). The zero-order chi connectivity index (χ0) is 26.0. The van der Waals surface area contributed by atoms with Gasteiger partial charge in [0.05, 0.1) is 59.6 Å². The van der Waals surface area contributed by atoms with E-state index in [1.165, 1.54) is 12.8 Å². The molecular formula is C29H29N7O3. The molecule has 198 valence electrons. The number of ether oxygens (including phenoxy) is 2. The summed E-state index contributed by atoms with van der Waals surface area (Å²) >= 11 is 0. The lowest BCUT2D eigenvalue weighted by Crippen LogP contribution is -2.37. The molecule has 1 amide bonds. The molecule has 0 atom stereocenters. The lowest BCUT2D eigenvalue weighted by molar-refractivity contribution is 0.102. The average molecular weight is 524 g/mol. The summed E-state index contributed by atoms with van der Waals surface area (Å²) in [7, 11) is 0. The van der Waals surface area contributed by atoms with Crippen molar-refractivity contribution in [3.05, 3.63) is 66.8 Å². The number of anilines is 2. The van der Waals surface area contributed by atoms with Crippen molar-refractivity contribution in [1.82, 2.24) is 24.1 Å². The van der Waals surface area contributed by atoms with Crippen LogP contribution in [0.15, 0.2) is 55.4 Å². The Morgan fingerprint density at radius 3 is 2.77 bits per heavy atom. The number of fused-ring (bicyclic) bond motifs is 4. The first-order chi connectivity index (χ1) is 19.2. The largest absolute Gasteiger partial charge is 0.488 e. The molecule has 4 aliphatic rings. The minimum atomic E-state index is -0.293. The van der Waals surface area contributed by atoms with Gasteiger partial charge in [-0.25, -0.2) is 15.0 Å². The van der Waals surface area contributed by atoms with Gasteiger partial charge in [0, 0.05) is 37.6 Å². The van der Waals surface area contributed by atoms with Crippen molar-refractivity contribution in [2.75, 3.05) is 43.1 Å². The third-order valence-electron chi connectivity index (χ3n) is 8.29. The van der Waals surface area contributed by atoms with E-state index in [2.05, 4.69) is 35.9 Å². The fourth-order valence-electron chi connectivity index (χ4n) is 5.72. The highest BCUT2D eigenvalue weighted by atomic mass is 16.5. The smallest absolute Gasteiger partial charge is 0.274 e. The van der Waals surface area contributed by atoms with Gasteiger partial charge in [0.15, 0.2) is 5.75 Å². The number of para-hydroxylation sites is 1. The Kier molecular flexibility index (Phi) is 5.06. The number of morpholine rings is 1. The fourth-order valence-corrected chi connectivity index (χ4v) is 5.72. The van der Waals surface area contributed by atoms with Crippen LogP contribution in [0.1, 0.15) is 47.8 Å². The molecule has 1 spiro atoms. The highest BCUT2D eigenvalue weighted by Gasteiger charge is 2.48. The normalized spacial score (nSPS) is 19.1. The van der Waals surface area contributed by atoms with E-state index in [1.807, 2.05) is 47.6 Å². The third-order valence-corrected chi connectivity index (χ3v) is 8.29. The molecule has 2 aliphatic carbocycles. The third kappa shape index (κ3) is 3.89. The number of carbonyl (C=O) groups excluding carboxylic acids is 1. The zero-order valence-electron chi connectivity index (χ0n) is 21.5. The number of rotatable bonds is 5. The van der Waals surface area contributed by atoms with Gasteiger partial charge >= 0.3 is 0 Å². The number of carbonyl (C=O) groups is 1. The highest BCUT2D eigenvalue weighted by Crippen LogP contribution is 2.50. The molecule has 5 heterocycles. The lowest BCUT2D eigenvalue weighted by Gasteiger charge is -2.30. The van der Waals surface area contributed by atoms with E-state index in [0.29, 0.717) is 42.9 Å². The van der Waals surface area contributed by atoms with Gasteiger partial charge in [-0.2, -0.15) is 0 Å². The maximum atomic E-state index is 13.6. The van der Waals surface area contributed by atoms with Gasteiger partial charge in [0.2, 0.25) is 0 Å². The van der Waals surface area contributed by atoms with E-state index in [-0.39, 0.29) is 11.4 Å². The van der Waals surface area contributed by atoms with Gasteiger partial charge in [-0.1, -0.05) is 6.07 Å². The quantitative estimate of drug-likeness (QED) is 0.422. The van der Waals surface area contributed by atoms with E-state index in [1.54, 1.807) is 6.20 Å². The number of amides is 1. The molecule has 10 heteroatoms. The van der Waals surface area contributed by atoms with Crippen LogP contribution in [-0.4, -0.2) is 62.9 Å². The van der Waals surface area contributed by atoms with Crippen molar-refractivity contribution in [2.45, 2.75) is 37.1 Å². The molecule has 1 saturated heterocycles. The molecule has 0 bridgehead atoms. The summed E-state index contributed by atoms with van der Waals surface area (Å²) < 4.78 is 16.1. The second kappa shape index (κ2) is 8.67. The first-order valence-electron chi connectivity index (χ1n) is 13.7.